The maximum Gasteiger partial charge on any atom is 0.0181 e. The molecule has 0 saturated carbocycles. The Balaban J connectivity index is 2.26. The fourth-order valence-electron chi connectivity index (χ4n) is 2.51. The molecule has 0 spiro atoms. The van der Waals surface area contributed by atoms with Gasteiger partial charge in [0.1, 0.15) is 0 Å². The lowest BCUT2D eigenvalue weighted by Gasteiger charge is -2.03. The maximum absolute atomic E-state index is 3.57. The van der Waals surface area contributed by atoms with E-state index in [0.717, 1.165) is 20.7 Å². The summed E-state index contributed by atoms with van der Waals surface area (Å²) in [7, 11) is 0. The number of allylic oxidation sites excluding steroid dienone is 1. The lowest BCUT2D eigenvalue weighted by molar-refractivity contribution is 1.26. The van der Waals surface area contributed by atoms with Gasteiger partial charge < -0.3 is 0 Å². The summed E-state index contributed by atoms with van der Waals surface area (Å²) in [6.07, 6.45) is 3.35. The highest BCUT2D eigenvalue weighted by Crippen LogP contribution is 2.46. The third kappa shape index (κ3) is 2.48. The quantitative estimate of drug-likeness (QED) is 0.402. The van der Waals surface area contributed by atoms with Crippen molar-refractivity contribution in [2.24, 2.45) is 0 Å². The molecule has 0 amide bonds. The molecule has 2 aromatic carbocycles. The Bertz CT molecular complexity index is 618. The Morgan fingerprint density at radius 3 is 1.79 bits per heavy atom. The average molecular weight is 443 g/mol. The van der Waals surface area contributed by atoms with E-state index in [-0.39, 0.29) is 0 Å². The molecule has 96 valence electrons. The van der Waals surface area contributed by atoms with Gasteiger partial charge in [0, 0.05) is 14.3 Å². The van der Waals surface area contributed by atoms with Crippen molar-refractivity contribution in [1.29, 1.82) is 0 Å². The van der Waals surface area contributed by atoms with E-state index in [0.29, 0.717) is 0 Å². The van der Waals surface area contributed by atoms with E-state index in [1.165, 1.54) is 27.8 Å². The van der Waals surface area contributed by atoms with Gasteiger partial charge in [-0.25, -0.2) is 0 Å². The molecule has 19 heavy (non-hydrogen) atoms. The van der Waals surface area contributed by atoms with Gasteiger partial charge in [0.25, 0.3) is 0 Å². The predicted octanol–water partition coefficient (Wildman–Crippen LogP) is 6.41. The zero-order chi connectivity index (χ0) is 13.4. The van der Waals surface area contributed by atoms with Crippen LogP contribution in [0, 0.1) is 0 Å². The first-order valence-electron chi connectivity index (χ1n) is 6.07. The van der Waals surface area contributed by atoms with Gasteiger partial charge in [0.05, 0.1) is 0 Å². The SMILES string of the molecule is BrCCC=C1c2cc(Br)ccc2-c2ccc(Br)cc21. The van der Waals surface area contributed by atoms with Gasteiger partial charge in [-0.15, -0.1) is 0 Å². The van der Waals surface area contributed by atoms with E-state index in [9.17, 15) is 0 Å². The first-order valence-corrected chi connectivity index (χ1v) is 8.78. The van der Waals surface area contributed by atoms with Crippen molar-refractivity contribution in [1.82, 2.24) is 0 Å². The monoisotopic (exact) mass is 440 g/mol. The predicted molar refractivity (Wildman–Crippen MR) is 92.8 cm³/mol. The second-order valence-corrected chi connectivity index (χ2v) is 7.10. The standard InChI is InChI=1S/C16H11Br3/c17-7-1-2-12-15-8-10(18)3-5-13(15)14-6-4-11(19)9-16(12)14/h2-6,8-9H,1,7H2. The number of benzene rings is 2. The number of hydrogen-bond donors (Lipinski definition) is 0. The second kappa shape index (κ2) is 5.55. The molecule has 0 unspecified atom stereocenters. The summed E-state index contributed by atoms with van der Waals surface area (Å²) >= 11 is 10.7. The first kappa shape index (κ1) is 13.6. The number of rotatable bonds is 2. The van der Waals surface area contributed by atoms with Crippen molar-refractivity contribution in [2.45, 2.75) is 6.42 Å². The summed E-state index contributed by atoms with van der Waals surface area (Å²) in [5, 5.41) is 0.989. The van der Waals surface area contributed by atoms with Gasteiger partial charge in [-0.05, 0) is 58.5 Å². The number of halogens is 3. The van der Waals surface area contributed by atoms with Crippen LogP contribution in [0.1, 0.15) is 17.5 Å². The first-order chi connectivity index (χ1) is 9.20. The summed E-state index contributed by atoms with van der Waals surface area (Å²) in [6.45, 7) is 0. The number of hydrogen-bond acceptors (Lipinski definition) is 0. The lowest BCUT2D eigenvalue weighted by Crippen LogP contribution is -1.83. The smallest absolute Gasteiger partial charge is 0.0181 e. The van der Waals surface area contributed by atoms with Crippen LogP contribution in [0.4, 0.5) is 0 Å². The van der Waals surface area contributed by atoms with E-state index in [4.69, 9.17) is 0 Å². The maximum atomic E-state index is 3.57. The van der Waals surface area contributed by atoms with Gasteiger partial charge in [-0.1, -0.05) is 66.0 Å². The third-order valence-electron chi connectivity index (χ3n) is 3.29. The Kier molecular flexibility index (Phi) is 3.97. The third-order valence-corrected chi connectivity index (χ3v) is 4.74. The molecule has 0 nitrogen and oxygen atoms in total. The summed E-state index contributed by atoms with van der Waals surface area (Å²) in [6, 6.07) is 13.0. The van der Waals surface area contributed by atoms with Crippen LogP contribution in [0.25, 0.3) is 16.7 Å². The highest BCUT2D eigenvalue weighted by Gasteiger charge is 2.23. The number of alkyl halides is 1. The summed E-state index contributed by atoms with van der Waals surface area (Å²) in [5.74, 6) is 0. The molecule has 0 heterocycles. The zero-order valence-corrected chi connectivity index (χ0v) is 14.8. The largest absolute Gasteiger partial charge is 0.0925 e. The molecule has 2 aromatic rings. The van der Waals surface area contributed by atoms with Gasteiger partial charge in [0.2, 0.25) is 0 Å². The summed E-state index contributed by atoms with van der Waals surface area (Å²) in [5.41, 5.74) is 6.64. The molecule has 0 aromatic heterocycles. The van der Waals surface area contributed by atoms with Crippen molar-refractivity contribution in [3.05, 3.63) is 62.5 Å². The van der Waals surface area contributed by atoms with Crippen LogP contribution < -0.4 is 0 Å². The molecule has 0 saturated heterocycles. The van der Waals surface area contributed by atoms with Crippen LogP contribution in [0.3, 0.4) is 0 Å². The molecule has 0 radical (unpaired) electrons. The zero-order valence-electron chi connectivity index (χ0n) is 10.1. The molecular formula is C16H11Br3. The molecule has 0 atom stereocenters. The van der Waals surface area contributed by atoms with E-state index in [1.807, 2.05) is 0 Å². The van der Waals surface area contributed by atoms with Gasteiger partial charge in [-0.2, -0.15) is 0 Å². The van der Waals surface area contributed by atoms with Crippen LogP contribution in [0.15, 0.2) is 51.4 Å². The van der Waals surface area contributed by atoms with Crippen LogP contribution in [0.2, 0.25) is 0 Å². The lowest BCUT2D eigenvalue weighted by atomic mass is 10.0. The highest BCUT2D eigenvalue weighted by molar-refractivity contribution is 9.10. The van der Waals surface area contributed by atoms with E-state index >= 15 is 0 Å². The van der Waals surface area contributed by atoms with Crippen molar-refractivity contribution >= 4 is 53.4 Å². The van der Waals surface area contributed by atoms with Gasteiger partial charge >= 0.3 is 0 Å². The van der Waals surface area contributed by atoms with Crippen LogP contribution >= 0.6 is 47.8 Å². The molecule has 3 rings (SSSR count). The van der Waals surface area contributed by atoms with Crippen LogP contribution in [-0.2, 0) is 0 Å². The van der Waals surface area contributed by atoms with Crippen LogP contribution in [-0.4, -0.2) is 5.33 Å². The second-order valence-electron chi connectivity index (χ2n) is 4.48. The summed E-state index contributed by atoms with van der Waals surface area (Å²) < 4.78 is 2.26. The molecule has 0 aliphatic heterocycles. The molecule has 1 aliphatic rings. The molecule has 0 bridgehead atoms. The summed E-state index contributed by atoms with van der Waals surface area (Å²) in [4.78, 5) is 0. The van der Waals surface area contributed by atoms with Gasteiger partial charge in [0.15, 0.2) is 0 Å². The Labute approximate surface area is 138 Å². The van der Waals surface area contributed by atoms with Crippen molar-refractivity contribution in [3.8, 4) is 11.1 Å². The minimum Gasteiger partial charge on any atom is -0.0925 e. The molecular weight excluding hydrogens is 432 g/mol. The number of fused-ring (bicyclic) bond motifs is 3. The highest BCUT2D eigenvalue weighted by atomic mass is 79.9. The Hall–Kier alpha value is -0.380. The Morgan fingerprint density at radius 2 is 1.32 bits per heavy atom. The van der Waals surface area contributed by atoms with E-state index < -0.39 is 0 Å². The minimum absolute atomic E-state index is 0.989. The van der Waals surface area contributed by atoms with E-state index in [1.54, 1.807) is 0 Å². The van der Waals surface area contributed by atoms with Gasteiger partial charge in [-0.3, -0.25) is 0 Å². The van der Waals surface area contributed by atoms with Crippen molar-refractivity contribution in [2.75, 3.05) is 5.33 Å². The average Bonchev–Trinajstić information content (AvgIpc) is 2.68. The molecule has 0 N–H and O–H groups in total. The molecule has 3 heteroatoms. The molecule has 0 fully saturated rings. The van der Waals surface area contributed by atoms with Crippen molar-refractivity contribution in [3.63, 3.8) is 0 Å². The molecule has 1 aliphatic carbocycles. The van der Waals surface area contributed by atoms with Crippen molar-refractivity contribution < 1.29 is 0 Å². The Morgan fingerprint density at radius 1 is 0.789 bits per heavy atom. The minimum atomic E-state index is 0.989. The normalized spacial score (nSPS) is 12.3. The van der Waals surface area contributed by atoms with E-state index in [2.05, 4.69) is 90.3 Å². The topological polar surface area (TPSA) is 0 Å². The van der Waals surface area contributed by atoms with Crippen LogP contribution in [0.5, 0.6) is 0 Å². The fourth-order valence-corrected chi connectivity index (χ4v) is 3.46. The fraction of sp³-hybridized carbons (Fsp3) is 0.125.